The van der Waals surface area contributed by atoms with Crippen LogP contribution in [0.3, 0.4) is 0 Å². The summed E-state index contributed by atoms with van der Waals surface area (Å²) in [7, 11) is 1.67. The van der Waals surface area contributed by atoms with Gasteiger partial charge in [0.1, 0.15) is 0 Å². The van der Waals surface area contributed by atoms with Crippen molar-refractivity contribution in [3.63, 3.8) is 0 Å². The van der Waals surface area contributed by atoms with E-state index in [9.17, 15) is 5.11 Å². The van der Waals surface area contributed by atoms with E-state index >= 15 is 0 Å². The Morgan fingerprint density at radius 2 is 2.40 bits per heavy atom. The Kier molecular flexibility index (Phi) is 2.63. The Hall–Kier alpha value is -1.13. The van der Waals surface area contributed by atoms with Crippen molar-refractivity contribution in [1.29, 1.82) is 0 Å². The van der Waals surface area contributed by atoms with Crippen LogP contribution in [0.25, 0.3) is 0 Å². The first kappa shape index (κ1) is 10.4. The zero-order valence-corrected chi connectivity index (χ0v) is 8.81. The van der Waals surface area contributed by atoms with Gasteiger partial charge in [-0.25, -0.2) is 0 Å². The number of anilines is 1. The molecule has 3 N–H and O–H groups in total. The molecule has 1 fully saturated rings. The predicted molar refractivity (Wildman–Crippen MR) is 57.3 cm³/mol. The standard InChI is InChI=1S/C11H16N2O2/c1-15-9-5-11(14,6-9)4-8-7-13-3-2-10(8)12/h2-3,7,9,14H,4-6H2,1H3,(H2,12,13). The molecule has 4 heteroatoms. The Balaban J connectivity index is 2.01. The summed E-state index contributed by atoms with van der Waals surface area (Å²) in [6.07, 6.45) is 5.48. The first-order valence-corrected chi connectivity index (χ1v) is 5.06. The average molecular weight is 208 g/mol. The van der Waals surface area contributed by atoms with Crippen molar-refractivity contribution >= 4 is 5.69 Å². The molecule has 1 aliphatic carbocycles. The first-order valence-electron chi connectivity index (χ1n) is 5.06. The zero-order chi connectivity index (χ0) is 10.9. The van der Waals surface area contributed by atoms with Crippen LogP contribution in [0.5, 0.6) is 0 Å². The maximum absolute atomic E-state index is 10.1. The molecule has 0 aromatic carbocycles. The number of hydrogen-bond donors (Lipinski definition) is 2. The maximum Gasteiger partial charge on any atom is 0.0738 e. The van der Waals surface area contributed by atoms with E-state index in [4.69, 9.17) is 10.5 Å². The second-order valence-electron chi connectivity index (χ2n) is 4.24. The fourth-order valence-corrected chi connectivity index (χ4v) is 2.04. The molecule has 1 aromatic rings. The summed E-state index contributed by atoms with van der Waals surface area (Å²) in [5, 5.41) is 10.1. The van der Waals surface area contributed by atoms with Gasteiger partial charge >= 0.3 is 0 Å². The van der Waals surface area contributed by atoms with Gasteiger partial charge in [0.25, 0.3) is 0 Å². The van der Waals surface area contributed by atoms with Gasteiger partial charge in [-0.3, -0.25) is 4.98 Å². The number of aliphatic hydroxyl groups is 1. The predicted octanol–water partition coefficient (Wildman–Crippen LogP) is 0.746. The molecule has 1 aliphatic rings. The van der Waals surface area contributed by atoms with Crippen molar-refractivity contribution in [2.75, 3.05) is 12.8 Å². The largest absolute Gasteiger partial charge is 0.398 e. The Morgan fingerprint density at radius 1 is 1.67 bits per heavy atom. The number of hydrogen-bond acceptors (Lipinski definition) is 4. The summed E-state index contributed by atoms with van der Waals surface area (Å²) in [4.78, 5) is 4.00. The molecule has 15 heavy (non-hydrogen) atoms. The number of pyridine rings is 1. The molecule has 1 aromatic heterocycles. The van der Waals surface area contributed by atoms with Gasteiger partial charge in [0, 0.05) is 44.5 Å². The number of aromatic nitrogens is 1. The molecule has 0 spiro atoms. The minimum Gasteiger partial charge on any atom is -0.398 e. The number of nitrogens with zero attached hydrogens (tertiary/aromatic N) is 1. The number of methoxy groups -OCH3 is 1. The monoisotopic (exact) mass is 208 g/mol. The molecule has 1 heterocycles. The highest BCUT2D eigenvalue weighted by atomic mass is 16.5. The molecule has 0 radical (unpaired) electrons. The number of nitrogens with two attached hydrogens (primary N) is 1. The van der Waals surface area contributed by atoms with Gasteiger partial charge < -0.3 is 15.6 Å². The normalized spacial score (nSPS) is 29.9. The molecule has 0 amide bonds. The fourth-order valence-electron chi connectivity index (χ4n) is 2.04. The van der Waals surface area contributed by atoms with E-state index in [0.29, 0.717) is 24.9 Å². The first-order chi connectivity index (χ1) is 7.13. The quantitative estimate of drug-likeness (QED) is 0.769. The smallest absolute Gasteiger partial charge is 0.0738 e. The minimum absolute atomic E-state index is 0.188. The highest BCUT2D eigenvalue weighted by Gasteiger charge is 2.43. The summed E-state index contributed by atoms with van der Waals surface area (Å²) >= 11 is 0. The Labute approximate surface area is 89.1 Å². The van der Waals surface area contributed by atoms with Crippen LogP contribution < -0.4 is 5.73 Å². The lowest BCUT2D eigenvalue weighted by atomic mass is 9.74. The second kappa shape index (κ2) is 3.79. The molecule has 4 nitrogen and oxygen atoms in total. The van der Waals surface area contributed by atoms with E-state index < -0.39 is 5.60 Å². The van der Waals surface area contributed by atoms with Crippen LogP contribution in [0.1, 0.15) is 18.4 Å². The minimum atomic E-state index is -0.655. The third kappa shape index (κ3) is 2.11. The summed E-state index contributed by atoms with van der Waals surface area (Å²) in [6, 6.07) is 1.76. The second-order valence-corrected chi connectivity index (χ2v) is 4.24. The van der Waals surface area contributed by atoms with Crippen LogP contribution in [0.2, 0.25) is 0 Å². The van der Waals surface area contributed by atoms with E-state index in [-0.39, 0.29) is 6.10 Å². The molecule has 2 rings (SSSR count). The van der Waals surface area contributed by atoms with Crippen molar-refractivity contribution in [2.45, 2.75) is 31.0 Å². The van der Waals surface area contributed by atoms with Crippen LogP contribution in [0.4, 0.5) is 5.69 Å². The van der Waals surface area contributed by atoms with Gasteiger partial charge in [0.05, 0.1) is 11.7 Å². The molecule has 0 bridgehead atoms. The highest BCUT2D eigenvalue weighted by molar-refractivity contribution is 5.45. The van der Waals surface area contributed by atoms with Gasteiger partial charge in [0.15, 0.2) is 0 Å². The third-order valence-corrected chi connectivity index (χ3v) is 3.01. The van der Waals surface area contributed by atoms with Crippen molar-refractivity contribution in [3.05, 3.63) is 24.0 Å². The van der Waals surface area contributed by atoms with Crippen LogP contribution in [-0.2, 0) is 11.2 Å². The van der Waals surface area contributed by atoms with Crippen LogP contribution >= 0.6 is 0 Å². The van der Waals surface area contributed by atoms with Gasteiger partial charge in [-0.15, -0.1) is 0 Å². The molecule has 0 saturated heterocycles. The maximum atomic E-state index is 10.1. The molecule has 1 saturated carbocycles. The van der Waals surface area contributed by atoms with E-state index in [1.165, 1.54) is 0 Å². The SMILES string of the molecule is COC1CC(O)(Cc2cnccc2N)C1. The lowest BCUT2D eigenvalue weighted by Gasteiger charge is -2.42. The van der Waals surface area contributed by atoms with E-state index in [1.807, 2.05) is 0 Å². The van der Waals surface area contributed by atoms with Gasteiger partial charge in [-0.2, -0.15) is 0 Å². The van der Waals surface area contributed by atoms with Crippen molar-refractivity contribution in [2.24, 2.45) is 0 Å². The van der Waals surface area contributed by atoms with Crippen LogP contribution in [-0.4, -0.2) is 28.9 Å². The van der Waals surface area contributed by atoms with E-state index in [0.717, 1.165) is 5.56 Å². The van der Waals surface area contributed by atoms with Gasteiger partial charge in [-0.05, 0) is 11.6 Å². The van der Waals surface area contributed by atoms with Gasteiger partial charge in [-0.1, -0.05) is 0 Å². The summed E-state index contributed by atoms with van der Waals surface area (Å²) in [5.41, 5.74) is 6.74. The third-order valence-electron chi connectivity index (χ3n) is 3.01. The molecular weight excluding hydrogens is 192 g/mol. The van der Waals surface area contributed by atoms with Crippen molar-refractivity contribution in [3.8, 4) is 0 Å². The topological polar surface area (TPSA) is 68.4 Å². The van der Waals surface area contributed by atoms with E-state index in [2.05, 4.69) is 4.98 Å². The van der Waals surface area contributed by atoms with Gasteiger partial charge in [0.2, 0.25) is 0 Å². The molecule has 0 unspecified atom stereocenters. The molecule has 82 valence electrons. The van der Waals surface area contributed by atoms with Crippen molar-refractivity contribution < 1.29 is 9.84 Å². The average Bonchev–Trinajstić information content (AvgIpc) is 2.17. The lowest BCUT2D eigenvalue weighted by molar-refractivity contribution is -0.126. The Morgan fingerprint density at radius 3 is 3.00 bits per heavy atom. The number of ether oxygens (including phenoxy) is 1. The highest BCUT2D eigenvalue weighted by Crippen LogP contribution is 2.37. The fraction of sp³-hybridized carbons (Fsp3) is 0.545. The zero-order valence-electron chi connectivity index (χ0n) is 8.81. The summed E-state index contributed by atoms with van der Waals surface area (Å²) < 4.78 is 5.14. The summed E-state index contributed by atoms with van der Waals surface area (Å²) in [5.74, 6) is 0. The van der Waals surface area contributed by atoms with Crippen molar-refractivity contribution in [1.82, 2.24) is 4.98 Å². The number of rotatable bonds is 3. The lowest BCUT2D eigenvalue weighted by Crippen LogP contribution is -2.49. The molecule has 0 aliphatic heterocycles. The van der Waals surface area contributed by atoms with Crippen LogP contribution in [0, 0.1) is 0 Å². The van der Waals surface area contributed by atoms with E-state index in [1.54, 1.807) is 25.6 Å². The number of nitrogen functional groups attached to an aromatic ring is 1. The summed E-state index contributed by atoms with van der Waals surface area (Å²) in [6.45, 7) is 0. The van der Waals surface area contributed by atoms with Crippen LogP contribution in [0.15, 0.2) is 18.5 Å². The molecule has 0 atom stereocenters. The Bertz CT molecular complexity index is 348. The molecular formula is C11H16N2O2.